The minimum absolute atomic E-state index is 0.0776. The molecule has 0 bridgehead atoms. The van der Waals surface area contributed by atoms with E-state index in [1.807, 2.05) is 16.7 Å². The van der Waals surface area contributed by atoms with Crippen molar-refractivity contribution >= 4 is 23.4 Å². The summed E-state index contributed by atoms with van der Waals surface area (Å²) in [5.74, 6) is 0.165. The Kier molecular flexibility index (Phi) is 8.03. The van der Waals surface area contributed by atoms with Gasteiger partial charge in [-0.1, -0.05) is 37.2 Å². The van der Waals surface area contributed by atoms with Crippen molar-refractivity contribution in [3.05, 3.63) is 51.6 Å². The highest BCUT2D eigenvalue weighted by molar-refractivity contribution is 8.00. The molecule has 6 nitrogen and oxygen atoms in total. The number of hydrogen-bond donors (Lipinski definition) is 1. The fraction of sp³-hybridized carbons (Fsp3) is 0.560. The Balaban J connectivity index is 1.41. The molecule has 0 saturated carbocycles. The van der Waals surface area contributed by atoms with E-state index in [9.17, 15) is 9.59 Å². The molecule has 2 heterocycles. The van der Waals surface area contributed by atoms with Crippen molar-refractivity contribution in [3.63, 3.8) is 0 Å². The van der Waals surface area contributed by atoms with Gasteiger partial charge in [-0.3, -0.25) is 9.36 Å². The van der Waals surface area contributed by atoms with E-state index < -0.39 is 0 Å². The second-order valence-corrected chi connectivity index (χ2v) is 9.68. The molecule has 1 fully saturated rings. The van der Waals surface area contributed by atoms with E-state index in [0.717, 1.165) is 73.5 Å². The Bertz CT molecular complexity index is 981. The molecule has 0 spiro atoms. The van der Waals surface area contributed by atoms with Crippen LogP contribution in [-0.2, 0) is 35.3 Å². The second kappa shape index (κ2) is 11.1. The van der Waals surface area contributed by atoms with Gasteiger partial charge in [0.05, 0.1) is 18.4 Å². The Hall–Kier alpha value is -2.12. The molecule has 32 heavy (non-hydrogen) atoms. The van der Waals surface area contributed by atoms with Gasteiger partial charge in [-0.15, -0.1) is 0 Å². The van der Waals surface area contributed by atoms with E-state index in [0.29, 0.717) is 6.54 Å². The summed E-state index contributed by atoms with van der Waals surface area (Å²) in [6.07, 6.45) is 9.56. The third kappa shape index (κ3) is 5.81. The number of aromatic nitrogens is 2. The summed E-state index contributed by atoms with van der Waals surface area (Å²) < 4.78 is 7.58. The van der Waals surface area contributed by atoms with Gasteiger partial charge < -0.3 is 10.1 Å². The van der Waals surface area contributed by atoms with Gasteiger partial charge in [-0.05, 0) is 69.1 Å². The Morgan fingerprint density at radius 2 is 2.03 bits per heavy atom. The zero-order valence-electron chi connectivity index (χ0n) is 18.9. The van der Waals surface area contributed by atoms with E-state index in [2.05, 4.69) is 29.4 Å². The number of unbranched alkanes of at least 4 members (excludes halogenated alkanes) is 1. The van der Waals surface area contributed by atoms with Crippen molar-refractivity contribution in [2.45, 2.75) is 82.4 Å². The zero-order valence-corrected chi connectivity index (χ0v) is 19.7. The van der Waals surface area contributed by atoms with Crippen LogP contribution in [0.5, 0.6) is 0 Å². The van der Waals surface area contributed by atoms with Gasteiger partial charge in [0, 0.05) is 23.6 Å². The SMILES string of the molecule is CCCCc1ccc(NC(=O)CSc2nc(=O)n(CC3CCCO3)c3c2CCCC3)cc1. The number of benzene rings is 1. The maximum atomic E-state index is 12.8. The van der Waals surface area contributed by atoms with Crippen LogP contribution in [0.15, 0.2) is 34.1 Å². The highest BCUT2D eigenvalue weighted by atomic mass is 32.2. The molecular weight excluding hydrogens is 422 g/mol. The molecule has 0 radical (unpaired) electrons. The van der Waals surface area contributed by atoms with E-state index in [-0.39, 0.29) is 23.5 Å². The lowest BCUT2D eigenvalue weighted by atomic mass is 9.97. The standard InChI is InChI=1S/C25H33N3O3S/c1-2-3-7-18-11-13-19(14-12-18)26-23(29)17-32-24-21-9-4-5-10-22(21)28(25(30)27-24)16-20-8-6-15-31-20/h11-14,20H,2-10,15-17H2,1H3,(H,26,29). The van der Waals surface area contributed by atoms with Crippen molar-refractivity contribution in [2.75, 3.05) is 17.7 Å². The summed E-state index contributed by atoms with van der Waals surface area (Å²) in [7, 11) is 0. The third-order valence-corrected chi connectivity index (χ3v) is 7.28. The minimum atomic E-state index is -0.216. The van der Waals surface area contributed by atoms with Crippen LogP contribution in [0.3, 0.4) is 0 Å². The molecule has 2 aromatic rings. The topological polar surface area (TPSA) is 73.2 Å². The third-order valence-electron chi connectivity index (χ3n) is 6.26. The van der Waals surface area contributed by atoms with Gasteiger partial charge in [0.1, 0.15) is 5.03 Å². The van der Waals surface area contributed by atoms with E-state index in [1.54, 1.807) is 0 Å². The predicted octanol–water partition coefficient (Wildman–Crippen LogP) is 4.37. The average molecular weight is 456 g/mol. The highest BCUT2D eigenvalue weighted by Gasteiger charge is 2.24. The number of anilines is 1. The molecule has 1 unspecified atom stereocenters. The van der Waals surface area contributed by atoms with Crippen LogP contribution in [-0.4, -0.2) is 33.9 Å². The predicted molar refractivity (Wildman–Crippen MR) is 129 cm³/mol. The van der Waals surface area contributed by atoms with Crippen LogP contribution < -0.4 is 11.0 Å². The van der Waals surface area contributed by atoms with Crippen LogP contribution in [0.2, 0.25) is 0 Å². The molecule has 1 amide bonds. The van der Waals surface area contributed by atoms with E-state index in [4.69, 9.17) is 4.74 Å². The lowest BCUT2D eigenvalue weighted by Gasteiger charge is -2.24. The molecule has 7 heteroatoms. The summed E-state index contributed by atoms with van der Waals surface area (Å²) in [5.41, 5.74) is 4.12. The average Bonchev–Trinajstić information content (AvgIpc) is 3.32. The van der Waals surface area contributed by atoms with E-state index >= 15 is 0 Å². The number of hydrogen-bond acceptors (Lipinski definition) is 5. The molecule has 1 saturated heterocycles. The number of nitrogens with one attached hydrogen (secondary N) is 1. The first-order valence-corrected chi connectivity index (χ1v) is 12.9. The van der Waals surface area contributed by atoms with Gasteiger partial charge in [0.15, 0.2) is 0 Å². The number of carbonyl (C=O) groups is 1. The molecular formula is C25H33N3O3S. The summed E-state index contributed by atoms with van der Waals surface area (Å²) in [6, 6.07) is 8.06. The normalized spacial score (nSPS) is 17.8. The van der Waals surface area contributed by atoms with Gasteiger partial charge >= 0.3 is 5.69 Å². The van der Waals surface area contributed by atoms with Crippen molar-refractivity contribution in [3.8, 4) is 0 Å². The van der Waals surface area contributed by atoms with Gasteiger partial charge in [-0.2, -0.15) is 4.98 Å². The molecule has 172 valence electrons. The number of rotatable bonds is 9. The number of thioether (sulfide) groups is 1. The maximum absolute atomic E-state index is 12.8. The lowest BCUT2D eigenvalue weighted by Crippen LogP contribution is -2.34. The quantitative estimate of drug-likeness (QED) is 0.449. The monoisotopic (exact) mass is 455 g/mol. The molecule has 1 aromatic carbocycles. The number of nitrogens with zero attached hydrogens (tertiary/aromatic N) is 2. The van der Waals surface area contributed by atoms with Crippen LogP contribution in [0, 0.1) is 0 Å². The number of fused-ring (bicyclic) bond motifs is 1. The molecule has 1 aliphatic carbocycles. The zero-order chi connectivity index (χ0) is 22.3. The maximum Gasteiger partial charge on any atom is 0.348 e. The minimum Gasteiger partial charge on any atom is -0.376 e. The second-order valence-electron chi connectivity index (χ2n) is 8.71. The van der Waals surface area contributed by atoms with E-state index in [1.165, 1.54) is 30.2 Å². The summed E-state index contributed by atoms with van der Waals surface area (Å²) in [4.78, 5) is 29.7. The van der Waals surface area contributed by atoms with Gasteiger partial charge in [-0.25, -0.2) is 4.79 Å². The number of carbonyl (C=O) groups excluding carboxylic acids is 1. The molecule has 1 N–H and O–H groups in total. The fourth-order valence-corrected chi connectivity index (χ4v) is 5.39. The lowest BCUT2D eigenvalue weighted by molar-refractivity contribution is -0.113. The van der Waals surface area contributed by atoms with Gasteiger partial charge in [0.2, 0.25) is 5.91 Å². The first-order chi connectivity index (χ1) is 15.6. The van der Waals surface area contributed by atoms with Crippen LogP contribution in [0.1, 0.15) is 62.3 Å². The first kappa shape index (κ1) is 23.1. The van der Waals surface area contributed by atoms with Crippen molar-refractivity contribution in [1.82, 2.24) is 9.55 Å². The Morgan fingerprint density at radius 1 is 1.22 bits per heavy atom. The number of amides is 1. The Morgan fingerprint density at radius 3 is 2.78 bits per heavy atom. The smallest absolute Gasteiger partial charge is 0.348 e. The number of ether oxygens (including phenoxy) is 1. The van der Waals surface area contributed by atoms with Crippen molar-refractivity contribution < 1.29 is 9.53 Å². The number of aryl methyl sites for hydroxylation is 1. The van der Waals surface area contributed by atoms with Crippen LogP contribution in [0.25, 0.3) is 0 Å². The summed E-state index contributed by atoms with van der Waals surface area (Å²) in [6.45, 7) is 3.55. The Labute approximate surface area is 194 Å². The molecule has 1 aliphatic heterocycles. The van der Waals surface area contributed by atoms with Crippen LogP contribution >= 0.6 is 11.8 Å². The molecule has 2 aliphatic rings. The van der Waals surface area contributed by atoms with Gasteiger partial charge in [0.25, 0.3) is 0 Å². The van der Waals surface area contributed by atoms with Crippen LogP contribution in [0.4, 0.5) is 5.69 Å². The molecule has 1 atom stereocenters. The fourth-order valence-electron chi connectivity index (χ4n) is 4.51. The van der Waals surface area contributed by atoms with Crippen molar-refractivity contribution in [2.24, 2.45) is 0 Å². The first-order valence-electron chi connectivity index (χ1n) is 11.9. The summed E-state index contributed by atoms with van der Waals surface area (Å²) in [5, 5.41) is 3.68. The summed E-state index contributed by atoms with van der Waals surface area (Å²) >= 11 is 1.37. The van der Waals surface area contributed by atoms with Crippen molar-refractivity contribution in [1.29, 1.82) is 0 Å². The largest absolute Gasteiger partial charge is 0.376 e. The highest BCUT2D eigenvalue weighted by Crippen LogP contribution is 2.29. The molecule has 4 rings (SSSR count). The molecule has 1 aromatic heterocycles.